The highest BCUT2D eigenvalue weighted by molar-refractivity contribution is 9.10. The maximum absolute atomic E-state index is 12.0. The van der Waals surface area contributed by atoms with Gasteiger partial charge in [-0.1, -0.05) is 17.7 Å². The van der Waals surface area contributed by atoms with Gasteiger partial charge in [0.05, 0.1) is 24.9 Å². The van der Waals surface area contributed by atoms with E-state index in [9.17, 15) is 9.59 Å². The first-order chi connectivity index (χ1) is 13.3. The van der Waals surface area contributed by atoms with Crippen molar-refractivity contribution < 1.29 is 19.1 Å². The van der Waals surface area contributed by atoms with Crippen molar-refractivity contribution in [3.8, 4) is 11.5 Å². The molecular weight excluding hydrogens is 426 g/mol. The molecule has 0 aromatic heterocycles. The van der Waals surface area contributed by atoms with Gasteiger partial charge in [0.25, 0.3) is 0 Å². The standard InChI is InChI=1S/C20H22BrN3O4/c1-12-5-6-16(13(2)7-12)23-19(25)10-20(26)24-22-11-14-8-15(21)18(28-4)9-17(14)27-3/h5-9,11H,10H2,1-4H3,(H,23,25)(H,24,26). The van der Waals surface area contributed by atoms with Crippen molar-refractivity contribution in [2.75, 3.05) is 19.5 Å². The zero-order chi connectivity index (χ0) is 20.7. The second-order valence-electron chi connectivity index (χ2n) is 6.07. The molecule has 2 rings (SSSR count). The summed E-state index contributed by atoms with van der Waals surface area (Å²) in [6.07, 6.45) is 1.09. The Morgan fingerprint density at radius 1 is 1.07 bits per heavy atom. The smallest absolute Gasteiger partial charge is 0.249 e. The molecule has 0 radical (unpaired) electrons. The van der Waals surface area contributed by atoms with Gasteiger partial charge >= 0.3 is 0 Å². The van der Waals surface area contributed by atoms with Crippen LogP contribution in [0.3, 0.4) is 0 Å². The van der Waals surface area contributed by atoms with Crippen LogP contribution in [0.25, 0.3) is 0 Å². The highest BCUT2D eigenvalue weighted by atomic mass is 79.9. The van der Waals surface area contributed by atoms with Gasteiger partial charge in [-0.2, -0.15) is 5.10 Å². The molecule has 2 N–H and O–H groups in total. The van der Waals surface area contributed by atoms with E-state index in [1.165, 1.54) is 13.3 Å². The van der Waals surface area contributed by atoms with Crippen LogP contribution in [0.15, 0.2) is 39.9 Å². The van der Waals surface area contributed by atoms with E-state index in [1.54, 1.807) is 19.2 Å². The third-order valence-electron chi connectivity index (χ3n) is 3.87. The fraction of sp³-hybridized carbons (Fsp3) is 0.250. The topological polar surface area (TPSA) is 89.0 Å². The summed E-state index contributed by atoms with van der Waals surface area (Å²) in [7, 11) is 3.08. The Hall–Kier alpha value is -2.87. The van der Waals surface area contributed by atoms with E-state index in [4.69, 9.17) is 9.47 Å². The minimum atomic E-state index is -0.523. The molecule has 2 aromatic rings. The number of nitrogens with one attached hydrogen (secondary N) is 2. The number of methoxy groups -OCH3 is 2. The summed E-state index contributed by atoms with van der Waals surface area (Å²) in [5, 5.41) is 6.61. The minimum absolute atomic E-state index is 0.339. The number of hydrogen-bond acceptors (Lipinski definition) is 5. The van der Waals surface area contributed by atoms with Gasteiger partial charge in [0.15, 0.2) is 0 Å². The molecule has 0 unspecified atom stereocenters. The molecule has 28 heavy (non-hydrogen) atoms. The van der Waals surface area contributed by atoms with Gasteiger partial charge in [-0.05, 0) is 47.5 Å². The molecule has 7 nitrogen and oxygen atoms in total. The molecule has 0 aliphatic heterocycles. The summed E-state index contributed by atoms with van der Waals surface area (Å²) in [6, 6.07) is 9.12. The van der Waals surface area contributed by atoms with E-state index in [1.807, 2.05) is 32.0 Å². The van der Waals surface area contributed by atoms with Crippen molar-refractivity contribution in [3.05, 3.63) is 51.5 Å². The number of ether oxygens (including phenoxy) is 2. The molecule has 0 saturated heterocycles. The van der Waals surface area contributed by atoms with E-state index >= 15 is 0 Å². The van der Waals surface area contributed by atoms with Crippen molar-refractivity contribution in [3.63, 3.8) is 0 Å². The van der Waals surface area contributed by atoms with Crippen LogP contribution in [0.4, 0.5) is 5.69 Å². The number of carbonyl (C=O) groups excluding carboxylic acids is 2. The number of aryl methyl sites for hydroxylation is 2. The first kappa shape index (κ1) is 21.4. The van der Waals surface area contributed by atoms with E-state index in [-0.39, 0.29) is 6.42 Å². The van der Waals surface area contributed by atoms with E-state index in [0.29, 0.717) is 22.7 Å². The Kier molecular flexibility index (Phi) is 7.57. The van der Waals surface area contributed by atoms with Crippen molar-refractivity contribution in [2.24, 2.45) is 5.10 Å². The molecule has 0 aliphatic carbocycles. The zero-order valence-electron chi connectivity index (χ0n) is 16.1. The van der Waals surface area contributed by atoms with Crippen LogP contribution in [0, 0.1) is 13.8 Å². The fourth-order valence-electron chi connectivity index (χ4n) is 2.49. The number of carbonyl (C=O) groups is 2. The predicted molar refractivity (Wildman–Crippen MR) is 112 cm³/mol. The monoisotopic (exact) mass is 447 g/mol. The molecule has 0 saturated carbocycles. The Labute approximate surface area is 172 Å². The van der Waals surface area contributed by atoms with Crippen LogP contribution in [-0.4, -0.2) is 32.2 Å². The lowest BCUT2D eigenvalue weighted by molar-refractivity contribution is -0.126. The Morgan fingerprint density at radius 2 is 1.79 bits per heavy atom. The van der Waals surface area contributed by atoms with Crippen molar-refractivity contribution >= 4 is 39.6 Å². The van der Waals surface area contributed by atoms with Crippen LogP contribution in [0.5, 0.6) is 11.5 Å². The molecule has 0 aliphatic rings. The first-order valence-corrected chi connectivity index (χ1v) is 9.24. The lowest BCUT2D eigenvalue weighted by atomic mass is 10.1. The number of anilines is 1. The van der Waals surface area contributed by atoms with Crippen LogP contribution >= 0.6 is 15.9 Å². The maximum Gasteiger partial charge on any atom is 0.249 e. The zero-order valence-corrected chi connectivity index (χ0v) is 17.7. The van der Waals surface area contributed by atoms with Gasteiger partial charge in [-0.3, -0.25) is 9.59 Å². The SMILES string of the molecule is COc1cc(OC)c(C=NNC(=O)CC(=O)Nc2ccc(C)cc2C)cc1Br. The third kappa shape index (κ3) is 5.82. The molecule has 2 amide bonds. The van der Waals surface area contributed by atoms with Crippen molar-refractivity contribution in [1.82, 2.24) is 5.43 Å². The van der Waals surface area contributed by atoms with Gasteiger partial charge in [0.2, 0.25) is 11.8 Å². The minimum Gasteiger partial charge on any atom is -0.496 e. The van der Waals surface area contributed by atoms with Crippen molar-refractivity contribution in [2.45, 2.75) is 20.3 Å². The average molecular weight is 448 g/mol. The average Bonchev–Trinajstić information content (AvgIpc) is 2.64. The second kappa shape index (κ2) is 9.89. The fourth-order valence-corrected chi connectivity index (χ4v) is 3.01. The van der Waals surface area contributed by atoms with E-state index in [0.717, 1.165) is 15.6 Å². The lowest BCUT2D eigenvalue weighted by Gasteiger charge is -2.09. The summed E-state index contributed by atoms with van der Waals surface area (Å²) in [5.74, 6) is 0.209. The Bertz CT molecular complexity index is 913. The third-order valence-corrected chi connectivity index (χ3v) is 4.49. The summed E-state index contributed by atoms with van der Waals surface area (Å²) < 4.78 is 11.2. The van der Waals surface area contributed by atoms with Gasteiger partial charge < -0.3 is 14.8 Å². The van der Waals surface area contributed by atoms with Gasteiger partial charge in [-0.15, -0.1) is 0 Å². The highest BCUT2D eigenvalue weighted by Crippen LogP contribution is 2.31. The predicted octanol–water partition coefficient (Wildman–Crippen LogP) is 3.56. The number of rotatable bonds is 7. The number of halogens is 1. The molecule has 2 aromatic carbocycles. The summed E-state index contributed by atoms with van der Waals surface area (Å²) >= 11 is 3.38. The van der Waals surface area contributed by atoms with Crippen molar-refractivity contribution in [1.29, 1.82) is 0 Å². The molecule has 0 fully saturated rings. The number of benzene rings is 2. The Morgan fingerprint density at radius 3 is 2.43 bits per heavy atom. The number of nitrogens with zero attached hydrogens (tertiary/aromatic N) is 1. The molecule has 0 spiro atoms. The maximum atomic E-state index is 12.0. The largest absolute Gasteiger partial charge is 0.496 e. The van der Waals surface area contributed by atoms with Gasteiger partial charge in [0.1, 0.15) is 17.9 Å². The summed E-state index contributed by atoms with van der Waals surface area (Å²) in [6.45, 7) is 3.87. The van der Waals surface area contributed by atoms with Gasteiger partial charge in [-0.25, -0.2) is 5.43 Å². The van der Waals surface area contributed by atoms with E-state index < -0.39 is 11.8 Å². The normalized spacial score (nSPS) is 10.6. The van der Waals surface area contributed by atoms with Crippen LogP contribution in [-0.2, 0) is 9.59 Å². The molecule has 0 bridgehead atoms. The van der Waals surface area contributed by atoms with E-state index in [2.05, 4.69) is 31.8 Å². The van der Waals surface area contributed by atoms with Crippen LogP contribution in [0.2, 0.25) is 0 Å². The first-order valence-electron chi connectivity index (χ1n) is 8.44. The lowest BCUT2D eigenvalue weighted by Crippen LogP contribution is -2.24. The summed E-state index contributed by atoms with van der Waals surface area (Å²) in [5.41, 5.74) is 5.69. The molecule has 0 atom stereocenters. The molecule has 8 heteroatoms. The van der Waals surface area contributed by atoms with Crippen LogP contribution in [0.1, 0.15) is 23.1 Å². The Balaban J connectivity index is 1.94. The number of amides is 2. The number of hydrogen-bond donors (Lipinski definition) is 2. The highest BCUT2D eigenvalue weighted by Gasteiger charge is 2.11. The quantitative estimate of drug-likeness (QED) is 0.385. The second-order valence-corrected chi connectivity index (χ2v) is 6.92. The molecule has 0 heterocycles. The van der Waals surface area contributed by atoms with Crippen LogP contribution < -0.4 is 20.2 Å². The number of hydrazone groups is 1. The van der Waals surface area contributed by atoms with Gasteiger partial charge in [0, 0.05) is 17.3 Å². The summed E-state index contributed by atoms with van der Waals surface area (Å²) in [4.78, 5) is 24.0. The molecule has 148 valence electrons. The molecular formula is C20H22BrN3O4.